The Balaban J connectivity index is 1.73. The van der Waals surface area contributed by atoms with Crippen molar-refractivity contribution in [2.45, 2.75) is 59.2 Å². The predicted octanol–water partition coefficient (Wildman–Crippen LogP) is 3.59. The molecule has 116 valence electrons. The van der Waals surface area contributed by atoms with E-state index in [1.807, 2.05) is 0 Å². The fourth-order valence-corrected chi connectivity index (χ4v) is 3.61. The molecule has 2 atom stereocenters. The molecule has 1 aliphatic heterocycles. The largest absolute Gasteiger partial charge is 0.311 e. The van der Waals surface area contributed by atoms with Crippen LogP contribution in [0.25, 0.3) is 0 Å². The van der Waals surface area contributed by atoms with Crippen molar-refractivity contribution in [3.8, 4) is 0 Å². The molecule has 0 amide bonds. The molecule has 0 radical (unpaired) electrons. The van der Waals surface area contributed by atoms with E-state index in [1.54, 1.807) is 0 Å². The standard InChI is InChI=1S/C19H30N2/c1-14-5-7-15(8-6-14)12-21-13-17(16-9-10-16)20-11-18(21)19(2,3)4/h5-8,16-18,20H,9-13H2,1-4H3. The van der Waals surface area contributed by atoms with E-state index in [1.165, 1.54) is 30.5 Å². The first-order valence-corrected chi connectivity index (χ1v) is 8.46. The van der Waals surface area contributed by atoms with Crippen LogP contribution in [-0.2, 0) is 6.54 Å². The number of nitrogens with zero attached hydrogens (tertiary/aromatic N) is 1. The minimum Gasteiger partial charge on any atom is -0.311 e. The van der Waals surface area contributed by atoms with Crippen molar-refractivity contribution < 1.29 is 0 Å². The summed E-state index contributed by atoms with van der Waals surface area (Å²) in [7, 11) is 0. The average molecular weight is 286 g/mol. The second-order valence-electron chi connectivity index (χ2n) is 8.15. The van der Waals surface area contributed by atoms with Gasteiger partial charge in [-0.25, -0.2) is 0 Å². The summed E-state index contributed by atoms with van der Waals surface area (Å²) in [5.74, 6) is 0.937. The predicted molar refractivity (Wildman–Crippen MR) is 89.3 cm³/mol. The van der Waals surface area contributed by atoms with E-state index in [-0.39, 0.29) is 0 Å². The summed E-state index contributed by atoms with van der Waals surface area (Å²) in [6, 6.07) is 10.4. The molecule has 2 unspecified atom stereocenters. The number of rotatable bonds is 3. The van der Waals surface area contributed by atoms with Crippen LogP contribution in [0.1, 0.15) is 44.7 Å². The van der Waals surface area contributed by atoms with Gasteiger partial charge in [0.05, 0.1) is 0 Å². The van der Waals surface area contributed by atoms with Crippen molar-refractivity contribution in [3.05, 3.63) is 35.4 Å². The number of benzene rings is 1. The molecule has 3 rings (SSSR count). The normalized spacial score (nSPS) is 27.8. The Morgan fingerprint density at radius 1 is 1.14 bits per heavy atom. The second-order valence-corrected chi connectivity index (χ2v) is 8.15. The van der Waals surface area contributed by atoms with Crippen LogP contribution >= 0.6 is 0 Å². The lowest BCUT2D eigenvalue weighted by Crippen LogP contribution is -2.60. The van der Waals surface area contributed by atoms with E-state index >= 15 is 0 Å². The van der Waals surface area contributed by atoms with Crippen LogP contribution in [0.15, 0.2) is 24.3 Å². The molecule has 0 spiro atoms. The Kier molecular flexibility index (Phi) is 4.11. The third kappa shape index (κ3) is 3.67. The SMILES string of the molecule is Cc1ccc(CN2CC(C3CC3)NCC2C(C)(C)C)cc1. The van der Waals surface area contributed by atoms with E-state index in [0.717, 1.165) is 19.0 Å². The van der Waals surface area contributed by atoms with E-state index < -0.39 is 0 Å². The minimum absolute atomic E-state index is 0.326. The molecule has 1 aromatic rings. The van der Waals surface area contributed by atoms with Crippen molar-refractivity contribution >= 4 is 0 Å². The lowest BCUT2D eigenvalue weighted by Gasteiger charge is -2.46. The van der Waals surface area contributed by atoms with Crippen LogP contribution in [0.2, 0.25) is 0 Å². The highest BCUT2D eigenvalue weighted by Crippen LogP contribution is 2.36. The van der Waals surface area contributed by atoms with Crippen molar-refractivity contribution in [1.82, 2.24) is 10.2 Å². The summed E-state index contributed by atoms with van der Waals surface area (Å²) in [5.41, 5.74) is 3.13. The Labute approximate surface area is 129 Å². The summed E-state index contributed by atoms with van der Waals surface area (Å²) in [4.78, 5) is 2.73. The number of hydrogen-bond acceptors (Lipinski definition) is 2. The molecule has 1 aromatic carbocycles. The molecule has 2 fully saturated rings. The van der Waals surface area contributed by atoms with Gasteiger partial charge in [-0.3, -0.25) is 4.90 Å². The number of piperazine rings is 1. The van der Waals surface area contributed by atoms with Crippen LogP contribution in [0.4, 0.5) is 0 Å². The molecule has 21 heavy (non-hydrogen) atoms. The maximum Gasteiger partial charge on any atom is 0.0273 e. The van der Waals surface area contributed by atoms with Gasteiger partial charge in [0.2, 0.25) is 0 Å². The summed E-state index contributed by atoms with van der Waals surface area (Å²) < 4.78 is 0. The van der Waals surface area contributed by atoms with Crippen LogP contribution < -0.4 is 5.32 Å². The molecule has 1 saturated heterocycles. The van der Waals surface area contributed by atoms with E-state index in [0.29, 0.717) is 17.5 Å². The summed E-state index contributed by atoms with van der Waals surface area (Å²) in [5, 5.41) is 3.82. The minimum atomic E-state index is 0.326. The van der Waals surface area contributed by atoms with Crippen molar-refractivity contribution in [3.63, 3.8) is 0 Å². The molecule has 1 N–H and O–H groups in total. The molecular weight excluding hydrogens is 256 g/mol. The van der Waals surface area contributed by atoms with Crippen molar-refractivity contribution in [2.75, 3.05) is 13.1 Å². The third-order valence-electron chi connectivity index (χ3n) is 5.14. The maximum atomic E-state index is 3.82. The summed E-state index contributed by atoms with van der Waals surface area (Å²) in [6.07, 6.45) is 2.85. The molecule has 0 aromatic heterocycles. The second kappa shape index (κ2) is 5.73. The molecule has 1 heterocycles. The monoisotopic (exact) mass is 286 g/mol. The van der Waals surface area contributed by atoms with Crippen LogP contribution in [-0.4, -0.2) is 30.1 Å². The molecule has 1 aliphatic carbocycles. The smallest absolute Gasteiger partial charge is 0.0273 e. The van der Waals surface area contributed by atoms with Gasteiger partial charge >= 0.3 is 0 Å². The molecular formula is C19H30N2. The van der Waals surface area contributed by atoms with E-state index in [4.69, 9.17) is 0 Å². The third-order valence-corrected chi connectivity index (χ3v) is 5.14. The topological polar surface area (TPSA) is 15.3 Å². The quantitative estimate of drug-likeness (QED) is 0.913. The highest BCUT2D eigenvalue weighted by atomic mass is 15.2. The first kappa shape index (κ1) is 15.1. The van der Waals surface area contributed by atoms with Crippen LogP contribution in [0.5, 0.6) is 0 Å². The van der Waals surface area contributed by atoms with Gasteiger partial charge < -0.3 is 5.32 Å². The molecule has 0 bridgehead atoms. The van der Waals surface area contributed by atoms with E-state index in [2.05, 4.69) is 62.2 Å². The lowest BCUT2D eigenvalue weighted by atomic mass is 9.83. The Bertz CT molecular complexity index is 467. The fourth-order valence-electron chi connectivity index (χ4n) is 3.61. The average Bonchev–Trinajstić information content (AvgIpc) is 3.24. The van der Waals surface area contributed by atoms with Gasteiger partial charge in [-0.1, -0.05) is 50.6 Å². The zero-order chi connectivity index (χ0) is 15.0. The lowest BCUT2D eigenvalue weighted by molar-refractivity contribution is 0.0449. The number of aryl methyl sites for hydroxylation is 1. The molecule has 2 heteroatoms. The van der Waals surface area contributed by atoms with Gasteiger partial charge in [0.25, 0.3) is 0 Å². The molecule has 2 nitrogen and oxygen atoms in total. The Hall–Kier alpha value is -0.860. The highest BCUT2D eigenvalue weighted by Gasteiger charge is 2.40. The van der Waals surface area contributed by atoms with Gasteiger partial charge in [-0.05, 0) is 36.7 Å². The zero-order valence-electron chi connectivity index (χ0n) is 14.0. The van der Waals surface area contributed by atoms with Gasteiger partial charge in [0, 0.05) is 31.7 Å². The maximum absolute atomic E-state index is 3.82. The Morgan fingerprint density at radius 2 is 1.81 bits per heavy atom. The number of hydrogen-bond donors (Lipinski definition) is 1. The van der Waals surface area contributed by atoms with E-state index in [9.17, 15) is 0 Å². The molecule has 2 aliphatic rings. The van der Waals surface area contributed by atoms with Gasteiger partial charge in [0.1, 0.15) is 0 Å². The fraction of sp³-hybridized carbons (Fsp3) is 0.684. The molecule has 1 saturated carbocycles. The van der Waals surface area contributed by atoms with Crippen molar-refractivity contribution in [2.24, 2.45) is 11.3 Å². The number of nitrogens with one attached hydrogen (secondary N) is 1. The van der Waals surface area contributed by atoms with Crippen LogP contribution in [0, 0.1) is 18.3 Å². The van der Waals surface area contributed by atoms with Gasteiger partial charge in [-0.15, -0.1) is 0 Å². The van der Waals surface area contributed by atoms with Gasteiger partial charge in [0.15, 0.2) is 0 Å². The van der Waals surface area contributed by atoms with Crippen LogP contribution in [0.3, 0.4) is 0 Å². The first-order chi connectivity index (χ1) is 9.93. The van der Waals surface area contributed by atoms with Gasteiger partial charge in [-0.2, -0.15) is 0 Å². The highest BCUT2D eigenvalue weighted by molar-refractivity contribution is 5.21. The summed E-state index contributed by atoms with van der Waals surface area (Å²) >= 11 is 0. The Morgan fingerprint density at radius 3 is 2.38 bits per heavy atom. The first-order valence-electron chi connectivity index (χ1n) is 8.46. The van der Waals surface area contributed by atoms with Crippen molar-refractivity contribution in [1.29, 1.82) is 0 Å². The zero-order valence-corrected chi connectivity index (χ0v) is 14.0. The summed E-state index contributed by atoms with van der Waals surface area (Å²) in [6.45, 7) is 12.7.